The average Bonchev–Trinajstić information content (AvgIpc) is 2.80. The number of ether oxygens (including phenoxy) is 2. The number of nitrogens with one attached hydrogen (secondary N) is 1. The minimum absolute atomic E-state index is 0.00720. The molecule has 0 aromatic heterocycles. The van der Waals surface area contributed by atoms with Gasteiger partial charge in [0, 0.05) is 13.1 Å². The Labute approximate surface area is 192 Å². The van der Waals surface area contributed by atoms with Gasteiger partial charge in [-0.05, 0) is 29.7 Å². The summed E-state index contributed by atoms with van der Waals surface area (Å²) in [5.41, 5.74) is 1.12. The van der Waals surface area contributed by atoms with Gasteiger partial charge in [0.15, 0.2) is 6.61 Å². The lowest BCUT2D eigenvalue weighted by molar-refractivity contribution is -0.147. The minimum Gasteiger partial charge on any atom is -0.456 e. The highest BCUT2D eigenvalue weighted by molar-refractivity contribution is 7.89. The normalized spacial score (nSPS) is 15.7. The number of anilines is 1. The Morgan fingerprint density at radius 1 is 1.16 bits per heavy atom. The van der Waals surface area contributed by atoms with E-state index in [1.807, 2.05) is 37.3 Å². The van der Waals surface area contributed by atoms with E-state index >= 15 is 0 Å². The molecule has 1 unspecified atom stereocenters. The predicted octanol–water partition coefficient (Wildman–Crippen LogP) is 3.04. The van der Waals surface area contributed by atoms with Gasteiger partial charge in [0.1, 0.15) is 0 Å². The molecule has 8 nitrogen and oxygen atoms in total. The smallest absolute Gasteiger partial charge is 0.306 e. The standard InChI is InChI=1S/C22H25ClN2O6S/c1-16(17-5-3-2-4-6-17)13-22(27)31-15-21(26)24-20-14-18(7-8-19(20)23)32(28,29)25-9-11-30-12-10-25/h2-8,14,16H,9-13,15H2,1H3,(H,24,26). The van der Waals surface area contributed by atoms with Crippen LogP contribution in [-0.4, -0.2) is 57.5 Å². The maximum Gasteiger partial charge on any atom is 0.306 e. The van der Waals surface area contributed by atoms with Crippen LogP contribution in [0.3, 0.4) is 0 Å². The van der Waals surface area contributed by atoms with Crippen molar-refractivity contribution in [2.24, 2.45) is 0 Å². The van der Waals surface area contributed by atoms with Crippen molar-refractivity contribution < 1.29 is 27.5 Å². The number of morpholine rings is 1. The van der Waals surface area contributed by atoms with E-state index in [1.54, 1.807) is 0 Å². The van der Waals surface area contributed by atoms with Gasteiger partial charge < -0.3 is 14.8 Å². The molecule has 32 heavy (non-hydrogen) atoms. The van der Waals surface area contributed by atoms with E-state index in [-0.39, 0.29) is 41.0 Å². The van der Waals surface area contributed by atoms with E-state index in [9.17, 15) is 18.0 Å². The van der Waals surface area contributed by atoms with Crippen LogP contribution in [0, 0.1) is 0 Å². The molecule has 2 aromatic carbocycles. The lowest BCUT2D eigenvalue weighted by atomic mass is 9.98. The third-order valence-electron chi connectivity index (χ3n) is 5.03. The maximum atomic E-state index is 12.8. The molecule has 1 heterocycles. The maximum absolute atomic E-state index is 12.8. The molecule has 0 bridgehead atoms. The largest absolute Gasteiger partial charge is 0.456 e. The summed E-state index contributed by atoms with van der Waals surface area (Å²) in [6.07, 6.45) is 0.130. The lowest BCUT2D eigenvalue weighted by Gasteiger charge is -2.26. The molecule has 1 N–H and O–H groups in total. The molecule has 1 amide bonds. The number of esters is 1. The van der Waals surface area contributed by atoms with Gasteiger partial charge in [-0.1, -0.05) is 48.9 Å². The van der Waals surface area contributed by atoms with Crippen molar-refractivity contribution in [1.82, 2.24) is 4.31 Å². The van der Waals surface area contributed by atoms with Crippen molar-refractivity contribution in [3.63, 3.8) is 0 Å². The predicted molar refractivity (Wildman–Crippen MR) is 120 cm³/mol. The van der Waals surface area contributed by atoms with E-state index in [1.165, 1.54) is 22.5 Å². The van der Waals surface area contributed by atoms with E-state index in [0.717, 1.165) is 5.56 Å². The van der Waals surface area contributed by atoms with Crippen molar-refractivity contribution in [3.8, 4) is 0 Å². The third-order valence-corrected chi connectivity index (χ3v) is 7.25. The summed E-state index contributed by atoms with van der Waals surface area (Å²) in [7, 11) is -3.74. The number of halogens is 1. The molecule has 1 saturated heterocycles. The second-order valence-corrected chi connectivity index (χ2v) is 9.73. The van der Waals surface area contributed by atoms with Crippen molar-refractivity contribution in [2.45, 2.75) is 24.2 Å². The van der Waals surface area contributed by atoms with Gasteiger partial charge in [-0.3, -0.25) is 9.59 Å². The number of carbonyl (C=O) groups excluding carboxylic acids is 2. The molecule has 1 aliphatic heterocycles. The molecular formula is C22H25ClN2O6S. The Kier molecular flexibility index (Phi) is 8.25. The zero-order valence-electron chi connectivity index (χ0n) is 17.6. The Bertz CT molecular complexity index is 1060. The average molecular weight is 481 g/mol. The summed E-state index contributed by atoms with van der Waals surface area (Å²) in [6.45, 7) is 2.55. The molecule has 0 radical (unpaired) electrons. The Hall–Kier alpha value is -2.46. The van der Waals surface area contributed by atoms with Crippen LogP contribution < -0.4 is 5.32 Å². The van der Waals surface area contributed by atoms with Crippen molar-refractivity contribution in [3.05, 3.63) is 59.1 Å². The first-order valence-electron chi connectivity index (χ1n) is 10.1. The molecule has 2 aromatic rings. The van der Waals surface area contributed by atoms with E-state index in [4.69, 9.17) is 21.1 Å². The van der Waals surface area contributed by atoms with Crippen LogP contribution in [-0.2, 0) is 29.1 Å². The minimum atomic E-state index is -3.74. The second-order valence-electron chi connectivity index (χ2n) is 7.38. The molecule has 10 heteroatoms. The molecule has 172 valence electrons. The molecule has 0 aliphatic carbocycles. The highest BCUT2D eigenvalue weighted by Crippen LogP contribution is 2.27. The summed E-state index contributed by atoms with van der Waals surface area (Å²) in [5.74, 6) is -1.18. The van der Waals surface area contributed by atoms with E-state index in [2.05, 4.69) is 5.32 Å². The third kappa shape index (κ3) is 6.29. The van der Waals surface area contributed by atoms with Crippen LogP contribution in [0.25, 0.3) is 0 Å². The summed E-state index contributed by atoms with van der Waals surface area (Å²) < 4.78 is 37.2. The highest BCUT2D eigenvalue weighted by atomic mass is 35.5. The van der Waals surface area contributed by atoms with Crippen LogP contribution in [0.15, 0.2) is 53.4 Å². The number of hydrogen-bond donors (Lipinski definition) is 1. The number of hydrogen-bond acceptors (Lipinski definition) is 6. The molecular weight excluding hydrogens is 456 g/mol. The number of benzene rings is 2. The summed E-state index contributed by atoms with van der Waals surface area (Å²) in [4.78, 5) is 24.4. The molecule has 1 aliphatic rings. The zero-order chi connectivity index (χ0) is 23.1. The molecule has 0 saturated carbocycles. The van der Waals surface area contributed by atoms with E-state index in [0.29, 0.717) is 13.2 Å². The van der Waals surface area contributed by atoms with Gasteiger partial charge in [0.25, 0.3) is 5.91 Å². The number of carbonyl (C=O) groups is 2. The second kappa shape index (κ2) is 10.9. The van der Waals surface area contributed by atoms with E-state index < -0.39 is 28.5 Å². The van der Waals surface area contributed by atoms with Crippen LogP contribution in [0.4, 0.5) is 5.69 Å². The number of rotatable bonds is 8. The van der Waals surface area contributed by atoms with Crippen LogP contribution >= 0.6 is 11.6 Å². The first-order chi connectivity index (χ1) is 15.3. The summed E-state index contributed by atoms with van der Waals surface area (Å²) in [5, 5.41) is 2.68. The first kappa shape index (κ1) is 24.2. The molecule has 1 atom stereocenters. The fraction of sp³-hybridized carbons (Fsp3) is 0.364. The Morgan fingerprint density at radius 3 is 2.53 bits per heavy atom. The number of sulfonamides is 1. The van der Waals surface area contributed by atoms with Gasteiger partial charge >= 0.3 is 5.97 Å². The fourth-order valence-corrected chi connectivity index (χ4v) is 4.84. The van der Waals surface area contributed by atoms with Crippen molar-refractivity contribution >= 4 is 39.2 Å². The fourth-order valence-electron chi connectivity index (χ4n) is 3.24. The quantitative estimate of drug-likeness (QED) is 0.583. The van der Waals surface area contributed by atoms with Gasteiger partial charge in [0.05, 0.1) is 35.2 Å². The SMILES string of the molecule is CC(CC(=O)OCC(=O)Nc1cc(S(=O)(=O)N2CCOCC2)ccc1Cl)c1ccccc1. The van der Waals surface area contributed by atoms with Gasteiger partial charge in [-0.2, -0.15) is 4.31 Å². The van der Waals surface area contributed by atoms with Gasteiger partial charge in [0.2, 0.25) is 10.0 Å². The molecule has 3 rings (SSSR count). The van der Waals surface area contributed by atoms with Crippen LogP contribution in [0.2, 0.25) is 5.02 Å². The van der Waals surface area contributed by atoms with Crippen molar-refractivity contribution in [2.75, 3.05) is 38.2 Å². The monoisotopic (exact) mass is 480 g/mol. The first-order valence-corrected chi connectivity index (χ1v) is 12.0. The summed E-state index contributed by atoms with van der Waals surface area (Å²) >= 11 is 6.12. The number of amides is 1. The van der Waals surface area contributed by atoms with Crippen molar-refractivity contribution in [1.29, 1.82) is 0 Å². The Balaban J connectivity index is 1.57. The molecule has 0 spiro atoms. The van der Waals surface area contributed by atoms with Crippen LogP contribution in [0.1, 0.15) is 24.8 Å². The van der Waals surface area contributed by atoms with Gasteiger partial charge in [-0.25, -0.2) is 8.42 Å². The zero-order valence-corrected chi connectivity index (χ0v) is 19.2. The lowest BCUT2D eigenvalue weighted by Crippen LogP contribution is -2.40. The Morgan fingerprint density at radius 2 is 1.84 bits per heavy atom. The summed E-state index contributed by atoms with van der Waals surface area (Å²) in [6, 6.07) is 13.6. The highest BCUT2D eigenvalue weighted by Gasteiger charge is 2.27. The topological polar surface area (TPSA) is 102 Å². The van der Waals surface area contributed by atoms with Gasteiger partial charge in [-0.15, -0.1) is 0 Å². The number of nitrogens with zero attached hydrogens (tertiary/aromatic N) is 1. The van der Waals surface area contributed by atoms with Crippen LogP contribution in [0.5, 0.6) is 0 Å². The molecule has 1 fully saturated rings.